The molecule has 116 valence electrons. The molecule has 21 heavy (non-hydrogen) atoms. The van der Waals surface area contributed by atoms with E-state index >= 15 is 0 Å². The fourth-order valence-corrected chi connectivity index (χ4v) is 3.47. The second kappa shape index (κ2) is 7.17. The van der Waals surface area contributed by atoms with Crippen LogP contribution in [-0.2, 0) is 0 Å². The number of hydrogen-bond donors (Lipinski definition) is 0. The van der Waals surface area contributed by atoms with Gasteiger partial charge >= 0.3 is 0 Å². The molecular weight excluding hydrogens is 262 g/mol. The summed E-state index contributed by atoms with van der Waals surface area (Å²) in [6, 6.07) is 8.84. The summed E-state index contributed by atoms with van der Waals surface area (Å²) in [4.78, 5) is 2.45. The summed E-state index contributed by atoms with van der Waals surface area (Å²) >= 11 is 0. The van der Waals surface area contributed by atoms with E-state index in [1.165, 1.54) is 45.1 Å². The Morgan fingerprint density at radius 1 is 1.00 bits per heavy atom. The molecule has 1 heterocycles. The van der Waals surface area contributed by atoms with Crippen molar-refractivity contribution in [1.29, 1.82) is 0 Å². The predicted octanol–water partition coefficient (Wildman–Crippen LogP) is 3.87. The maximum absolute atomic E-state index is 5.97. The third kappa shape index (κ3) is 4.13. The summed E-state index contributed by atoms with van der Waals surface area (Å²) in [5, 5.41) is 0. The van der Waals surface area contributed by atoms with E-state index in [4.69, 9.17) is 9.47 Å². The van der Waals surface area contributed by atoms with E-state index in [0.717, 1.165) is 24.5 Å². The van der Waals surface area contributed by atoms with Gasteiger partial charge in [0.1, 0.15) is 11.5 Å². The number of likely N-dealkylation sites (tertiary alicyclic amines) is 1. The molecule has 0 radical (unpaired) electrons. The van der Waals surface area contributed by atoms with Crippen LogP contribution in [0.4, 0.5) is 0 Å². The lowest BCUT2D eigenvalue weighted by Gasteiger charge is -2.19. The first kappa shape index (κ1) is 14.7. The maximum Gasteiger partial charge on any atom is 0.119 e. The Labute approximate surface area is 128 Å². The highest BCUT2D eigenvalue weighted by atomic mass is 16.5. The normalized spacial score (nSPS) is 23.6. The van der Waals surface area contributed by atoms with Gasteiger partial charge < -0.3 is 14.4 Å². The lowest BCUT2D eigenvalue weighted by Crippen LogP contribution is -2.26. The van der Waals surface area contributed by atoms with Gasteiger partial charge in [-0.1, -0.05) is 0 Å². The molecule has 2 fully saturated rings. The molecule has 1 saturated carbocycles. The Hall–Kier alpha value is -1.22. The van der Waals surface area contributed by atoms with Crippen molar-refractivity contribution in [2.75, 3.05) is 20.2 Å². The zero-order valence-electron chi connectivity index (χ0n) is 13.1. The predicted molar refractivity (Wildman–Crippen MR) is 85.1 cm³/mol. The number of nitrogens with zero attached hydrogens (tertiary/aromatic N) is 1. The molecule has 1 aliphatic carbocycles. The van der Waals surface area contributed by atoms with E-state index < -0.39 is 0 Å². The van der Waals surface area contributed by atoms with Gasteiger partial charge in [0.15, 0.2) is 0 Å². The third-order valence-corrected chi connectivity index (χ3v) is 4.82. The molecule has 3 heteroatoms. The Morgan fingerprint density at radius 3 is 2.38 bits per heavy atom. The van der Waals surface area contributed by atoms with Crippen molar-refractivity contribution in [2.45, 2.75) is 57.1 Å². The van der Waals surface area contributed by atoms with Crippen LogP contribution in [0.15, 0.2) is 24.3 Å². The Balaban J connectivity index is 1.41. The average Bonchev–Trinajstić information content (AvgIpc) is 3.13. The highest BCUT2D eigenvalue weighted by Crippen LogP contribution is 2.25. The van der Waals surface area contributed by atoms with Crippen LogP contribution in [0.1, 0.15) is 44.9 Å². The van der Waals surface area contributed by atoms with Gasteiger partial charge in [-0.25, -0.2) is 0 Å². The first-order chi connectivity index (χ1) is 10.3. The summed E-state index contributed by atoms with van der Waals surface area (Å²) in [7, 11) is 2.22. The molecule has 3 nitrogen and oxygen atoms in total. The van der Waals surface area contributed by atoms with Crippen LogP contribution < -0.4 is 9.47 Å². The molecule has 1 aromatic rings. The minimum Gasteiger partial charge on any atom is -0.494 e. The highest BCUT2D eigenvalue weighted by Gasteiger charge is 2.20. The van der Waals surface area contributed by atoms with E-state index in [-0.39, 0.29) is 0 Å². The molecule has 1 aliphatic heterocycles. The largest absolute Gasteiger partial charge is 0.494 e. The van der Waals surface area contributed by atoms with Crippen LogP contribution in [-0.4, -0.2) is 37.2 Å². The van der Waals surface area contributed by atoms with E-state index in [1.807, 2.05) is 24.3 Å². The van der Waals surface area contributed by atoms with Crippen LogP contribution in [0.3, 0.4) is 0 Å². The van der Waals surface area contributed by atoms with Crippen molar-refractivity contribution in [3.63, 3.8) is 0 Å². The highest BCUT2D eigenvalue weighted by molar-refractivity contribution is 5.31. The fraction of sp³-hybridized carbons (Fsp3) is 0.667. The van der Waals surface area contributed by atoms with Gasteiger partial charge in [0.2, 0.25) is 0 Å². The lowest BCUT2D eigenvalue weighted by atomic mass is 10.1. The van der Waals surface area contributed by atoms with Crippen LogP contribution in [0.2, 0.25) is 0 Å². The molecule has 0 N–H and O–H groups in total. The molecule has 1 atom stereocenters. The zero-order chi connectivity index (χ0) is 14.5. The molecule has 1 saturated heterocycles. The van der Waals surface area contributed by atoms with Crippen molar-refractivity contribution in [3.8, 4) is 11.5 Å². The Bertz CT molecular complexity index is 425. The topological polar surface area (TPSA) is 21.7 Å². The minimum atomic E-state index is 0.426. The van der Waals surface area contributed by atoms with Crippen molar-refractivity contribution >= 4 is 0 Å². The van der Waals surface area contributed by atoms with Crippen LogP contribution in [0, 0.1) is 0 Å². The molecule has 1 unspecified atom stereocenters. The first-order valence-corrected chi connectivity index (χ1v) is 8.41. The van der Waals surface area contributed by atoms with Crippen molar-refractivity contribution in [2.24, 2.45) is 0 Å². The second-order valence-electron chi connectivity index (χ2n) is 6.41. The summed E-state index contributed by atoms with van der Waals surface area (Å²) in [5.74, 6) is 1.93. The molecule has 3 rings (SSSR count). The maximum atomic E-state index is 5.97. The third-order valence-electron chi connectivity index (χ3n) is 4.82. The smallest absolute Gasteiger partial charge is 0.119 e. The van der Waals surface area contributed by atoms with Crippen LogP contribution >= 0.6 is 0 Å². The van der Waals surface area contributed by atoms with Gasteiger partial charge in [-0.3, -0.25) is 0 Å². The first-order valence-electron chi connectivity index (χ1n) is 8.41. The van der Waals surface area contributed by atoms with Gasteiger partial charge in [-0.15, -0.1) is 0 Å². The Kier molecular flexibility index (Phi) is 5.02. The number of hydrogen-bond acceptors (Lipinski definition) is 3. The Morgan fingerprint density at radius 2 is 1.71 bits per heavy atom. The monoisotopic (exact) mass is 289 g/mol. The minimum absolute atomic E-state index is 0.426. The average molecular weight is 289 g/mol. The summed E-state index contributed by atoms with van der Waals surface area (Å²) in [6.45, 7) is 2.04. The summed E-state index contributed by atoms with van der Waals surface area (Å²) in [6.07, 6.45) is 9.21. The SMILES string of the molecule is CN1CCCC1CCOc1ccc(OC2CCCC2)cc1. The number of ether oxygens (including phenoxy) is 2. The molecular formula is C18H27NO2. The van der Waals surface area contributed by atoms with Crippen molar-refractivity contribution in [3.05, 3.63) is 24.3 Å². The van der Waals surface area contributed by atoms with Crippen LogP contribution in [0.25, 0.3) is 0 Å². The molecule has 0 amide bonds. The van der Waals surface area contributed by atoms with Gasteiger partial charge in [-0.2, -0.15) is 0 Å². The van der Waals surface area contributed by atoms with Gasteiger partial charge in [0.05, 0.1) is 12.7 Å². The zero-order valence-corrected chi connectivity index (χ0v) is 13.1. The molecule has 1 aromatic carbocycles. The lowest BCUT2D eigenvalue weighted by molar-refractivity contribution is 0.209. The summed E-state index contributed by atoms with van der Waals surface area (Å²) in [5.41, 5.74) is 0. The van der Waals surface area contributed by atoms with Crippen molar-refractivity contribution in [1.82, 2.24) is 4.90 Å². The molecule has 2 aliphatic rings. The number of benzene rings is 1. The van der Waals surface area contributed by atoms with Crippen LogP contribution in [0.5, 0.6) is 11.5 Å². The number of rotatable bonds is 6. The van der Waals surface area contributed by atoms with E-state index in [2.05, 4.69) is 11.9 Å². The van der Waals surface area contributed by atoms with E-state index in [1.54, 1.807) is 0 Å². The van der Waals surface area contributed by atoms with E-state index in [0.29, 0.717) is 12.1 Å². The fourth-order valence-electron chi connectivity index (χ4n) is 3.47. The van der Waals surface area contributed by atoms with Crippen molar-refractivity contribution < 1.29 is 9.47 Å². The quantitative estimate of drug-likeness (QED) is 0.793. The standard InChI is InChI=1S/C18H27NO2/c1-19-13-4-5-15(19)12-14-20-16-8-10-18(11-9-16)21-17-6-2-3-7-17/h8-11,15,17H,2-7,12-14H2,1H3. The second-order valence-corrected chi connectivity index (χ2v) is 6.41. The molecule has 0 aromatic heterocycles. The summed E-state index contributed by atoms with van der Waals surface area (Å²) < 4.78 is 11.8. The molecule has 0 bridgehead atoms. The molecule has 0 spiro atoms. The van der Waals surface area contributed by atoms with Gasteiger partial charge in [-0.05, 0) is 82.8 Å². The van der Waals surface area contributed by atoms with E-state index in [9.17, 15) is 0 Å². The van der Waals surface area contributed by atoms with Gasteiger partial charge in [0, 0.05) is 6.04 Å². The van der Waals surface area contributed by atoms with Gasteiger partial charge in [0.25, 0.3) is 0 Å².